The molecular formula is C15H15N3O5. The van der Waals surface area contributed by atoms with Crippen molar-refractivity contribution in [2.45, 2.75) is 12.5 Å². The monoisotopic (exact) mass is 317 g/mol. The van der Waals surface area contributed by atoms with Gasteiger partial charge in [-0.3, -0.25) is 19.8 Å². The molecular weight excluding hydrogens is 302 g/mol. The van der Waals surface area contributed by atoms with E-state index < -0.39 is 29.1 Å². The SMILES string of the molecule is COC(=O)[C@@H](Cc1ccccc1)N=Cc1c(O)[nH]c(=O)[nH]c1=O. The summed E-state index contributed by atoms with van der Waals surface area (Å²) in [6.07, 6.45) is 1.31. The first-order valence-electron chi connectivity index (χ1n) is 6.71. The number of aliphatic imine (C=N–C) groups is 1. The summed E-state index contributed by atoms with van der Waals surface area (Å²) >= 11 is 0. The standard InChI is InChI=1S/C15H15N3O5/c1-23-14(21)11(7-9-5-3-2-4-6-9)16-8-10-12(19)17-15(22)18-13(10)20/h2-6,8,11H,7H2,1H3,(H3,17,18,19,20,22)/t11-/m1/s1. The number of aromatic hydroxyl groups is 1. The zero-order chi connectivity index (χ0) is 16.8. The summed E-state index contributed by atoms with van der Waals surface area (Å²) in [5, 5.41) is 9.59. The third kappa shape index (κ3) is 4.16. The molecule has 2 rings (SSSR count). The Kier molecular flexibility index (Phi) is 5.08. The number of nitrogens with one attached hydrogen (secondary N) is 2. The molecule has 0 aliphatic carbocycles. The van der Waals surface area contributed by atoms with E-state index in [1.54, 1.807) is 0 Å². The second-order valence-electron chi connectivity index (χ2n) is 4.68. The van der Waals surface area contributed by atoms with Crippen molar-refractivity contribution in [3.05, 3.63) is 62.3 Å². The number of ether oxygens (including phenoxy) is 1. The van der Waals surface area contributed by atoms with Crippen LogP contribution in [-0.2, 0) is 16.0 Å². The Labute approximate surface area is 130 Å². The lowest BCUT2D eigenvalue weighted by Gasteiger charge is -2.10. The molecule has 0 fully saturated rings. The number of aromatic nitrogens is 2. The van der Waals surface area contributed by atoms with Gasteiger partial charge in [0.15, 0.2) is 6.04 Å². The molecule has 0 unspecified atom stereocenters. The van der Waals surface area contributed by atoms with Crippen molar-refractivity contribution in [2.75, 3.05) is 7.11 Å². The number of esters is 1. The van der Waals surface area contributed by atoms with Gasteiger partial charge in [-0.05, 0) is 5.56 Å². The van der Waals surface area contributed by atoms with E-state index in [4.69, 9.17) is 4.74 Å². The van der Waals surface area contributed by atoms with E-state index in [1.807, 2.05) is 40.3 Å². The molecule has 0 bridgehead atoms. The second-order valence-corrected chi connectivity index (χ2v) is 4.68. The Morgan fingerprint density at radius 1 is 1.30 bits per heavy atom. The molecule has 0 aliphatic heterocycles. The van der Waals surface area contributed by atoms with E-state index in [-0.39, 0.29) is 12.0 Å². The van der Waals surface area contributed by atoms with E-state index in [0.29, 0.717) is 0 Å². The van der Waals surface area contributed by atoms with Gasteiger partial charge in [0.1, 0.15) is 5.56 Å². The molecule has 0 aliphatic rings. The van der Waals surface area contributed by atoms with Crippen LogP contribution in [0.3, 0.4) is 0 Å². The Morgan fingerprint density at radius 3 is 2.61 bits per heavy atom. The summed E-state index contributed by atoms with van der Waals surface area (Å²) in [5.74, 6) is -1.20. The lowest BCUT2D eigenvalue weighted by Crippen LogP contribution is -2.26. The predicted molar refractivity (Wildman–Crippen MR) is 82.9 cm³/mol. The fourth-order valence-corrected chi connectivity index (χ4v) is 1.94. The van der Waals surface area contributed by atoms with Crippen molar-refractivity contribution in [2.24, 2.45) is 4.99 Å². The number of aromatic amines is 2. The molecule has 8 nitrogen and oxygen atoms in total. The molecule has 1 heterocycles. The highest BCUT2D eigenvalue weighted by Crippen LogP contribution is 2.09. The van der Waals surface area contributed by atoms with Gasteiger partial charge in [-0.15, -0.1) is 0 Å². The molecule has 0 saturated heterocycles. The number of carbonyl (C=O) groups excluding carboxylic acids is 1. The van der Waals surface area contributed by atoms with Gasteiger partial charge in [-0.2, -0.15) is 0 Å². The van der Waals surface area contributed by atoms with Crippen molar-refractivity contribution in [3.63, 3.8) is 0 Å². The maximum absolute atomic E-state index is 11.8. The maximum atomic E-state index is 11.8. The number of H-pyrrole nitrogens is 2. The molecule has 0 saturated carbocycles. The summed E-state index contributed by atoms with van der Waals surface area (Å²) < 4.78 is 4.69. The van der Waals surface area contributed by atoms with E-state index in [2.05, 4.69) is 4.99 Å². The average molecular weight is 317 g/mol. The van der Waals surface area contributed by atoms with Gasteiger partial charge < -0.3 is 9.84 Å². The quantitative estimate of drug-likeness (QED) is 0.527. The number of carbonyl (C=O) groups is 1. The minimum atomic E-state index is -0.881. The first-order chi connectivity index (χ1) is 11.0. The Bertz CT molecular complexity index is 823. The molecule has 0 amide bonds. The van der Waals surface area contributed by atoms with E-state index in [9.17, 15) is 19.5 Å². The van der Waals surface area contributed by atoms with Crippen LogP contribution in [0.5, 0.6) is 5.88 Å². The average Bonchev–Trinajstić information content (AvgIpc) is 2.53. The highest BCUT2D eigenvalue weighted by molar-refractivity contribution is 5.85. The number of nitrogens with zero attached hydrogens (tertiary/aromatic N) is 1. The molecule has 1 aromatic carbocycles. The van der Waals surface area contributed by atoms with Gasteiger partial charge in [-0.25, -0.2) is 9.59 Å². The van der Waals surface area contributed by atoms with Crippen LogP contribution >= 0.6 is 0 Å². The lowest BCUT2D eigenvalue weighted by molar-refractivity contribution is -0.142. The minimum absolute atomic E-state index is 0.244. The highest BCUT2D eigenvalue weighted by Gasteiger charge is 2.18. The molecule has 0 radical (unpaired) electrons. The van der Waals surface area contributed by atoms with Crippen LogP contribution in [0.1, 0.15) is 11.1 Å². The van der Waals surface area contributed by atoms with Gasteiger partial charge in [0.2, 0.25) is 5.88 Å². The summed E-state index contributed by atoms with van der Waals surface area (Å²) in [6.45, 7) is 0. The smallest absolute Gasteiger partial charge is 0.330 e. The largest absolute Gasteiger partial charge is 0.494 e. The van der Waals surface area contributed by atoms with Crippen molar-refractivity contribution < 1.29 is 14.6 Å². The molecule has 8 heteroatoms. The Hall–Kier alpha value is -3.16. The Balaban J connectivity index is 2.29. The van der Waals surface area contributed by atoms with Crippen molar-refractivity contribution in [1.82, 2.24) is 9.97 Å². The lowest BCUT2D eigenvalue weighted by atomic mass is 10.1. The van der Waals surface area contributed by atoms with Gasteiger partial charge in [-0.1, -0.05) is 30.3 Å². The fourth-order valence-electron chi connectivity index (χ4n) is 1.94. The predicted octanol–water partition coefficient (Wildman–Crippen LogP) is -0.0280. The zero-order valence-electron chi connectivity index (χ0n) is 12.3. The zero-order valence-corrected chi connectivity index (χ0v) is 12.3. The number of methoxy groups -OCH3 is 1. The minimum Gasteiger partial charge on any atom is -0.494 e. The highest BCUT2D eigenvalue weighted by atomic mass is 16.5. The van der Waals surface area contributed by atoms with Crippen LogP contribution in [0.15, 0.2) is 44.9 Å². The maximum Gasteiger partial charge on any atom is 0.330 e. The molecule has 23 heavy (non-hydrogen) atoms. The normalized spacial score (nSPS) is 12.2. The molecule has 1 atom stereocenters. The molecule has 0 spiro atoms. The van der Waals surface area contributed by atoms with Gasteiger partial charge in [0, 0.05) is 12.6 Å². The molecule has 120 valence electrons. The van der Waals surface area contributed by atoms with Gasteiger partial charge >= 0.3 is 11.7 Å². The van der Waals surface area contributed by atoms with Crippen LogP contribution in [0, 0.1) is 0 Å². The van der Waals surface area contributed by atoms with E-state index in [1.165, 1.54) is 7.11 Å². The number of benzene rings is 1. The Morgan fingerprint density at radius 2 is 2.00 bits per heavy atom. The molecule has 3 N–H and O–H groups in total. The summed E-state index contributed by atoms with van der Waals surface area (Å²) in [4.78, 5) is 42.5. The summed E-state index contributed by atoms with van der Waals surface area (Å²) in [7, 11) is 1.24. The van der Waals surface area contributed by atoms with Gasteiger partial charge in [0.25, 0.3) is 5.56 Å². The molecule has 2 aromatic rings. The van der Waals surface area contributed by atoms with Crippen LogP contribution in [0.4, 0.5) is 0 Å². The van der Waals surface area contributed by atoms with E-state index in [0.717, 1.165) is 11.8 Å². The first-order valence-corrected chi connectivity index (χ1v) is 6.71. The van der Waals surface area contributed by atoms with Crippen molar-refractivity contribution in [3.8, 4) is 5.88 Å². The summed E-state index contributed by atoms with van der Waals surface area (Å²) in [5.41, 5.74) is -1.03. The van der Waals surface area contributed by atoms with E-state index >= 15 is 0 Å². The van der Waals surface area contributed by atoms with Crippen molar-refractivity contribution in [1.29, 1.82) is 0 Å². The number of hydrogen-bond acceptors (Lipinski definition) is 6. The molecule has 1 aromatic heterocycles. The third-order valence-electron chi connectivity index (χ3n) is 3.09. The number of hydrogen-bond donors (Lipinski definition) is 3. The van der Waals surface area contributed by atoms with Crippen LogP contribution in [0.2, 0.25) is 0 Å². The fraction of sp³-hybridized carbons (Fsp3) is 0.200. The third-order valence-corrected chi connectivity index (χ3v) is 3.09. The van der Waals surface area contributed by atoms with Crippen LogP contribution in [0.25, 0.3) is 0 Å². The van der Waals surface area contributed by atoms with Crippen LogP contribution in [-0.4, -0.2) is 40.4 Å². The second kappa shape index (κ2) is 7.21. The van der Waals surface area contributed by atoms with Crippen LogP contribution < -0.4 is 11.2 Å². The van der Waals surface area contributed by atoms with Gasteiger partial charge in [0.05, 0.1) is 7.11 Å². The number of rotatable bonds is 5. The first kappa shape index (κ1) is 16.2. The topological polar surface area (TPSA) is 125 Å². The van der Waals surface area contributed by atoms with Crippen molar-refractivity contribution >= 4 is 12.2 Å². The summed E-state index contributed by atoms with van der Waals surface area (Å²) in [6, 6.07) is 8.27.